The molecular formula is C12H21N3OS. The Labute approximate surface area is 108 Å². The van der Waals surface area contributed by atoms with Gasteiger partial charge in [-0.3, -0.25) is 5.43 Å². The Bertz CT molecular complexity index is 279. The van der Waals surface area contributed by atoms with Crippen LogP contribution in [-0.2, 0) is 4.74 Å². The number of nitrogens with one attached hydrogen (secondary N) is 2. The second kappa shape index (κ2) is 6.91. The SMILES string of the molecule is S=C(NCC1CCCO1)NN=C1CCCCC1. The third-order valence-electron chi connectivity index (χ3n) is 3.26. The van der Waals surface area contributed by atoms with Gasteiger partial charge < -0.3 is 10.1 Å². The summed E-state index contributed by atoms with van der Waals surface area (Å²) in [6.07, 6.45) is 8.69. The van der Waals surface area contributed by atoms with Crippen LogP contribution in [0.25, 0.3) is 0 Å². The Morgan fingerprint density at radius 2 is 2.12 bits per heavy atom. The third-order valence-corrected chi connectivity index (χ3v) is 3.50. The summed E-state index contributed by atoms with van der Waals surface area (Å²) in [5.74, 6) is 0. The van der Waals surface area contributed by atoms with Crippen LogP contribution in [0.15, 0.2) is 5.10 Å². The van der Waals surface area contributed by atoms with E-state index in [-0.39, 0.29) is 0 Å². The quantitative estimate of drug-likeness (QED) is 0.598. The molecule has 4 nitrogen and oxygen atoms in total. The van der Waals surface area contributed by atoms with Crippen LogP contribution in [0.4, 0.5) is 0 Å². The van der Waals surface area contributed by atoms with Gasteiger partial charge in [0.2, 0.25) is 0 Å². The van der Waals surface area contributed by atoms with Gasteiger partial charge in [-0.25, -0.2) is 0 Å². The van der Waals surface area contributed by atoms with E-state index in [1.807, 2.05) is 0 Å². The zero-order valence-electron chi connectivity index (χ0n) is 10.2. The molecular weight excluding hydrogens is 234 g/mol. The molecule has 0 aromatic rings. The number of rotatable bonds is 3. The fourth-order valence-corrected chi connectivity index (χ4v) is 2.38. The smallest absolute Gasteiger partial charge is 0.187 e. The fraction of sp³-hybridized carbons (Fsp3) is 0.833. The number of nitrogens with zero attached hydrogens (tertiary/aromatic N) is 1. The molecule has 5 heteroatoms. The van der Waals surface area contributed by atoms with Crippen LogP contribution >= 0.6 is 12.2 Å². The van der Waals surface area contributed by atoms with E-state index < -0.39 is 0 Å². The second-order valence-electron chi connectivity index (χ2n) is 4.70. The maximum atomic E-state index is 5.51. The standard InChI is InChI=1S/C12H21N3OS/c17-12(13-9-11-7-4-8-16-11)15-14-10-5-2-1-3-6-10/h11H,1-9H2,(H2,13,15,17). The molecule has 0 aromatic carbocycles. The van der Waals surface area contributed by atoms with Crippen LogP contribution in [0.1, 0.15) is 44.9 Å². The van der Waals surface area contributed by atoms with Gasteiger partial charge in [0.1, 0.15) is 0 Å². The van der Waals surface area contributed by atoms with Crippen LogP contribution < -0.4 is 10.7 Å². The summed E-state index contributed by atoms with van der Waals surface area (Å²) in [5.41, 5.74) is 4.18. The molecule has 0 aromatic heterocycles. The highest BCUT2D eigenvalue weighted by Gasteiger charge is 2.15. The van der Waals surface area contributed by atoms with Gasteiger partial charge in [0.25, 0.3) is 0 Å². The molecule has 2 fully saturated rings. The molecule has 1 heterocycles. The monoisotopic (exact) mass is 255 g/mol. The predicted molar refractivity (Wildman–Crippen MR) is 73.2 cm³/mol. The number of hydrogen-bond donors (Lipinski definition) is 2. The molecule has 0 amide bonds. The van der Waals surface area contributed by atoms with Gasteiger partial charge in [-0.05, 0) is 50.7 Å². The summed E-state index contributed by atoms with van der Waals surface area (Å²) < 4.78 is 5.51. The highest BCUT2D eigenvalue weighted by Crippen LogP contribution is 2.14. The number of ether oxygens (including phenoxy) is 1. The van der Waals surface area contributed by atoms with E-state index in [9.17, 15) is 0 Å². The molecule has 2 rings (SSSR count). The van der Waals surface area contributed by atoms with E-state index in [0.29, 0.717) is 11.2 Å². The zero-order chi connectivity index (χ0) is 11.9. The molecule has 17 heavy (non-hydrogen) atoms. The first-order valence-electron chi connectivity index (χ1n) is 6.55. The van der Waals surface area contributed by atoms with Gasteiger partial charge in [0.05, 0.1) is 6.10 Å². The van der Waals surface area contributed by atoms with Crippen molar-refractivity contribution in [1.82, 2.24) is 10.7 Å². The number of thiocarbonyl (C=S) groups is 1. The number of hydrazone groups is 1. The Kier molecular flexibility index (Phi) is 5.19. The highest BCUT2D eigenvalue weighted by molar-refractivity contribution is 7.80. The Hall–Kier alpha value is -0.680. The molecule has 0 bridgehead atoms. The van der Waals surface area contributed by atoms with Crippen molar-refractivity contribution in [3.05, 3.63) is 0 Å². The van der Waals surface area contributed by atoms with Crippen molar-refractivity contribution in [1.29, 1.82) is 0 Å². The van der Waals surface area contributed by atoms with Gasteiger partial charge in [-0.1, -0.05) is 6.42 Å². The first-order valence-corrected chi connectivity index (χ1v) is 6.96. The first-order chi connectivity index (χ1) is 8.34. The Balaban J connectivity index is 1.62. The molecule has 96 valence electrons. The van der Waals surface area contributed by atoms with Gasteiger partial charge in [0, 0.05) is 18.9 Å². The molecule has 1 unspecified atom stereocenters. The van der Waals surface area contributed by atoms with Crippen LogP contribution in [0, 0.1) is 0 Å². The van der Waals surface area contributed by atoms with Crippen molar-refractivity contribution in [3.63, 3.8) is 0 Å². The molecule has 1 atom stereocenters. The van der Waals surface area contributed by atoms with Crippen LogP contribution in [0.5, 0.6) is 0 Å². The minimum atomic E-state index is 0.317. The Morgan fingerprint density at radius 1 is 1.29 bits per heavy atom. The van der Waals surface area contributed by atoms with E-state index in [0.717, 1.165) is 38.8 Å². The largest absolute Gasteiger partial charge is 0.376 e. The van der Waals surface area contributed by atoms with E-state index >= 15 is 0 Å². The Morgan fingerprint density at radius 3 is 2.82 bits per heavy atom. The van der Waals surface area contributed by atoms with Gasteiger partial charge in [0.15, 0.2) is 5.11 Å². The molecule has 2 aliphatic rings. The molecule has 1 saturated carbocycles. The maximum absolute atomic E-state index is 5.51. The van der Waals surface area contributed by atoms with Crippen molar-refractivity contribution >= 4 is 23.0 Å². The van der Waals surface area contributed by atoms with Crippen molar-refractivity contribution < 1.29 is 4.74 Å². The zero-order valence-corrected chi connectivity index (χ0v) is 11.0. The lowest BCUT2D eigenvalue weighted by Crippen LogP contribution is -2.37. The molecule has 2 N–H and O–H groups in total. The van der Waals surface area contributed by atoms with Crippen molar-refractivity contribution in [2.75, 3.05) is 13.2 Å². The summed E-state index contributed by atoms with van der Waals surface area (Å²) in [7, 11) is 0. The van der Waals surface area contributed by atoms with Crippen LogP contribution in [0.2, 0.25) is 0 Å². The van der Waals surface area contributed by atoms with Crippen molar-refractivity contribution in [3.8, 4) is 0 Å². The maximum Gasteiger partial charge on any atom is 0.187 e. The molecule has 0 spiro atoms. The second-order valence-corrected chi connectivity index (χ2v) is 5.10. The topological polar surface area (TPSA) is 45.6 Å². The molecule has 0 radical (unpaired) electrons. The summed E-state index contributed by atoms with van der Waals surface area (Å²) >= 11 is 5.17. The summed E-state index contributed by atoms with van der Waals surface area (Å²) in [6, 6.07) is 0. The highest BCUT2D eigenvalue weighted by atomic mass is 32.1. The minimum Gasteiger partial charge on any atom is -0.376 e. The molecule has 1 saturated heterocycles. The van der Waals surface area contributed by atoms with Gasteiger partial charge >= 0.3 is 0 Å². The summed E-state index contributed by atoms with van der Waals surface area (Å²) in [5, 5.41) is 8.11. The van der Waals surface area contributed by atoms with Crippen molar-refractivity contribution in [2.24, 2.45) is 5.10 Å². The third kappa shape index (κ3) is 4.60. The molecule has 1 aliphatic carbocycles. The van der Waals surface area contributed by atoms with E-state index in [2.05, 4.69) is 15.8 Å². The average Bonchev–Trinajstić information content (AvgIpc) is 2.88. The normalized spacial score (nSPS) is 24.5. The minimum absolute atomic E-state index is 0.317. The molecule has 1 aliphatic heterocycles. The predicted octanol–water partition coefficient (Wildman–Crippen LogP) is 1.95. The number of hydrogen-bond acceptors (Lipinski definition) is 3. The van der Waals surface area contributed by atoms with Crippen molar-refractivity contribution in [2.45, 2.75) is 51.0 Å². The van der Waals surface area contributed by atoms with Gasteiger partial charge in [-0.15, -0.1) is 0 Å². The fourth-order valence-electron chi connectivity index (χ4n) is 2.25. The lowest BCUT2D eigenvalue weighted by Gasteiger charge is -2.14. The van der Waals surface area contributed by atoms with Crippen LogP contribution in [0.3, 0.4) is 0 Å². The van der Waals surface area contributed by atoms with Crippen LogP contribution in [-0.4, -0.2) is 30.1 Å². The summed E-state index contributed by atoms with van der Waals surface area (Å²) in [4.78, 5) is 0. The van der Waals surface area contributed by atoms with Gasteiger partial charge in [-0.2, -0.15) is 5.10 Å². The van der Waals surface area contributed by atoms with E-state index in [1.54, 1.807) is 0 Å². The van der Waals surface area contributed by atoms with E-state index in [4.69, 9.17) is 17.0 Å². The van der Waals surface area contributed by atoms with E-state index in [1.165, 1.54) is 25.0 Å². The average molecular weight is 255 g/mol. The first kappa shape index (κ1) is 12.8. The summed E-state index contributed by atoms with van der Waals surface area (Å²) in [6.45, 7) is 1.67. The lowest BCUT2D eigenvalue weighted by atomic mass is 9.99. The lowest BCUT2D eigenvalue weighted by molar-refractivity contribution is 0.114.